The normalized spacial score (nSPS) is 17.5. The lowest BCUT2D eigenvalue weighted by atomic mass is 10.5. The molecule has 2 N–H and O–H groups in total. The highest BCUT2D eigenvalue weighted by Gasteiger charge is 2.32. The standard InChI is InChI=1S/C8H23NS/c1-7(2)10(5,6,9)8(3)4/h7-8,10H,9H2,1-6H3. The number of hydrogen-bond acceptors (Lipinski definition) is 1. The van der Waals surface area contributed by atoms with Gasteiger partial charge in [0.15, 0.2) is 0 Å². The van der Waals surface area contributed by atoms with Crippen LogP contribution in [0.25, 0.3) is 0 Å². The van der Waals surface area contributed by atoms with Gasteiger partial charge in [0, 0.05) is 0 Å². The lowest BCUT2D eigenvalue weighted by Crippen LogP contribution is -2.40. The number of hydrogen-bond donors (Lipinski definition) is 2. The molecule has 2 heteroatoms. The van der Waals surface area contributed by atoms with E-state index in [2.05, 4.69) is 40.2 Å². The van der Waals surface area contributed by atoms with Crippen molar-refractivity contribution in [2.24, 2.45) is 5.14 Å². The molecule has 0 atom stereocenters. The average Bonchev–Trinajstić information content (AvgIpc) is 1.63. The van der Waals surface area contributed by atoms with Gasteiger partial charge in [-0.05, 0) is 23.0 Å². The van der Waals surface area contributed by atoms with E-state index in [4.69, 9.17) is 5.14 Å². The van der Waals surface area contributed by atoms with Crippen molar-refractivity contribution in [2.75, 3.05) is 12.5 Å². The summed E-state index contributed by atoms with van der Waals surface area (Å²) >= 11 is 0. The highest BCUT2D eigenvalue weighted by Crippen LogP contribution is 2.63. The molecule has 0 aliphatic rings. The molecule has 0 unspecified atom stereocenters. The van der Waals surface area contributed by atoms with Crippen molar-refractivity contribution in [1.29, 1.82) is 0 Å². The third-order valence-electron chi connectivity index (χ3n) is 3.26. The zero-order chi connectivity index (χ0) is 8.60. The van der Waals surface area contributed by atoms with Crippen LogP contribution in [-0.2, 0) is 0 Å². The topological polar surface area (TPSA) is 26.0 Å². The molecule has 0 aliphatic carbocycles. The van der Waals surface area contributed by atoms with E-state index in [1.54, 1.807) is 0 Å². The van der Waals surface area contributed by atoms with E-state index >= 15 is 0 Å². The summed E-state index contributed by atoms with van der Waals surface area (Å²) in [5.41, 5.74) is 0. The van der Waals surface area contributed by atoms with Gasteiger partial charge in [-0.15, -0.1) is 0 Å². The van der Waals surface area contributed by atoms with Gasteiger partial charge in [0.05, 0.1) is 0 Å². The van der Waals surface area contributed by atoms with E-state index in [0.29, 0.717) is 10.5 Å². The Morgan fingerprint density at radius 2 is 1.10 bits per heavy atom. The third kappa shape index (κ3) is 1.67. The molecule has 0 saturated heterocycles. The lowest BCUT2D eigenvalue weighted by Gasteiger charge is -2.59. The molecule has 66 valence electrons. The predicted octanol–water partition coefficient (Wildman–Crippen LogP) is 2.01. The Kier molecular flexibility index (Phi) is 2.49. The Bertz CT molecular complexity index is 107. The lowest BCUT2D eigenvalue weighted by molar-refractivity contribution is 0.987. The first-order valence-electron chi connectivity index (χ1n) is 3.98. The second-order valence-corrected chi connectivity index (χ2v) is 11.6. The predicted molar refractivity (Wildman–Crippen MR) is 55.3 cm³/mol. The Balaban J connectivity index is 4.59. The van der Waals surface area contributed by atoms with E-state index in [0.717, 1.165) is 0 Å². The van der Waals surface area contributed by atoms with Crippen LogP contribution in [0.3, 0.4) is 0 Å². The summed E-state index contributed by atoms with van der Waals surface area (Å²) < 4.78 is 0. The summed E-state index contributed by atoms with van der Waals surface area (Å²) in [5, 5.41) is 7.66. The third-order valence-corrected chi connectivity index (χ3v) is 9.77. The van der Waals surface area contributed by atoms with Crippen LogP contribution in [0.15, 0.2) is 0 Å². The Morgan fingerprint density at radius 3 is 1.10 bits per heavy atom. The average molecular weight is 165 g/mol. The van der Waals surface area contributed by atoms with Crippen LogP contribution in [0.2, 0.25) is 0 Å². The van der Waals surface area contributed by atoms with Crippen LogP contribution in [0.4, 0.5) is 0 Å². The van der Waals surface area contributed by atoms with Gasteiger partial charge in [-0.2, -0.15) is 0 Å². The van der Waals surface area contributed by atoms with Crippen molar-refractivity contribution in [3.05, 3.63) is 0 Å². The van der Waals surface area contributed by atoms with Gasteiger partial charge in [0.1, 0.15) is 0 Å². The SMILES string of the molecule is CC(C)[SH](C)(C)(N)C(C)C. The molecule has 1 nitrogen and oxygen atoms in total. The van der Waals surface area contributed by atoms with Crippen LogP contribution in [0.5, 0.6) is 0 Å². The fourth-order valence-electron chi connectivity index (χ4n) is 0.596. The quantitative estimate of drug-likeness (QED) is 0.602. The second kappa shape index (κ2) is 2.42. The molecule has 0 aromatic heterocycles. The molecular formula is C8H23NS. The van der Waals surface area contributed by atoms with E-state index in [-0.39, 0.29) is 0 Å². The maximum atomic E-state index is 6.38. The number of rotatable bonds is 2. The molecule has 0 amide bonds. The van der Waals surface area contributed by atoms with E-state index in [1.807, 2.05) is 0 Å². The van der Waals surface area contributed by atoms with E-state index < -0.39 is 9.35 Å². The molecule has 10 heavy (non-hydrogen) atoms. The molecule has 0 spiro atoms. The summed E-state index contributed by atoms with van der Waals surface area (Å²) in [6.07, 6.45) is 4.53. The molecule has 0 radical (unpaired) electrons. The fourth-order valence-corrected chi connectivity index (χ4v) is 1.79. The van der Waals surface area contributed by atoms with Crippen molar-refractivity contribution in [3.8, 4) is 0 Å². The van der Waals surface area contributed by atoms with E-state index in [1.165, 1.54) is 0 Å². The molecule has 0 aromatic carbocycles. The van der Waals surface area contributed by atoms with Gasteiger partial charge in [-0.1, -0.05) is 27.7 Å². The van der Waals surface area contributed by atoms with Gasteiger partial charge < -0.3 is 5.14 Å². The largest absolute Gasteiger partial charge is 0.309 e. The first-order chi connectivity index (χ1) is 4.17. The zero-order valence-electron chi connectivity index (χ0n) is 8.18. The van der Waals surface area contributed by atoms with Crippen LogP contribution >= 0.6 is 9.35 Å². The molecule has 0 aliphatic heterocycles. The fraction of sp³-hybridized carbons (Fsp3) is 1.00. The molecule has 0 aromatic rings. The zero-order valence-corrected chi connectivity index (χ0v) is 9.07. The molecule has 0 rings (SSSR count). The Morgan fingerprint density at radius 1 is 0.900 bits per heavy atom. The molecule has 0 heterocycles. The summed E-state index contributed by atoms with van der Waals surface area (Å²) in [5.74, 6) is 0. The van der Waals surface area contributed by atoms with E-state index in [9.17, 15) is 0 Å². The van der Waals surface area contributed by atoms with Crippen molar-refractivity contribution in [2.45, 2.75) is 38.2 Å². The monoisotopic (exact) mass is 165 g/mol. The summed E-state index contributed by atoms with van der Waals surface area (Å²) in [6, 6.07) is 0. The second-order valence-electron chi connectivity index (χ2n) is 4.63. The molecule has 0 fully saturated rings. The molecular weight excluding hydrogens is 142 g/mol. The maximum absolute atomic E-state index is 6.38. The van der Waals surface area contributed by atoms with Crippen molar-refractivity contribution < 1.29 is 0 Å². The van der Waals surface area contributed by atoms with Gasteiger partial charge in [0.25, 0.3) is 0 Å². The summed E-state index contributed by atoms with van der Waals surface area (Å²) in [6.45, 7) is 8.94. The molecule has 0 saturated carbocycles. The van der Waals surface area contributed by atoms with Crippen molar-refractivity contribution >= 4 is 9.35 Å². The summed E-state index contributed by atoms with van der Waals surface area (Å²) in [4.78, 5) is 0. The highest BCUT2D eigenvalue weighted by molar-refractivity contribution is 8.47. The van der Waals surface area contributed by atoms with Gasteiger partial charge in [-0.3, -0.25) is 9.35 Å². The van der Waals surface area contributed by atoms with Crippen LogP contribution in [0, 0.1) is 0 Å². The van der Waals surface area contributed by atoms with Crippen molar-refractivity contribution in [1.82, 2.24) is 0 Å². The Labute approximate surface area is 65.8 Å². The van der Waals surface area contributed by atoms with Crippen molar-refractivity contribution in [3.63, 3.8) is 0 Å². The van der Waals surface area contributed by atoms with Gasteiger partial charge in [-0.25, -0.2) is 0 Å². The highest BCUT2D eigenvalue weighted by atomic mass is 32.3. The minimum absolute atomic E-state index is 0.644. The summed E-state index contributed by atoms with van der Waals surface area (Å²) in [7, 11) is -1.82. The smallest absolute Gasteiger partial charge is 0.0206 e. The number of nitrogens with two attached hydrogens (primary N) is 1. The first kappa shape index (κ1) is 10.3. The number of thiol groups is 1. The minimum atomic E-state index is -1.82. The minimum Gasteiger partial charge on any atom is -0.309 e. The van der Waals surface area contributed by atoms with Crippen LogP contribution < -0.4 is 5.14 Å². The van der Waals surface area contributed by atoms with Gasteiger partial charge >= 0.3 is 0 Å². The van der Waals surface area contributed by atoms with Crippen LogP contribution in [-0.4, -0.2) is 23.0 Å². The first-order valence-corrected chi connectivity index (χ1v) is 7.32. The van der Waals surface area contributed by atoms with Crippen LogP contribution in [0.1, 0.15) is 27.7 Å². The van der Waals surface area contributed by atoms with Gasteiger partial charge in [0.2, 0.25) is 0 Å². The molecule has 0 bridgehead atoms. The Hall–Kier alpha value is 0.310. The maximum Gasteiger partial charge on any atom is -0.0206 e.